The van der Waals surface area contributed by atoms with Gasteiger partial charge in [-0.2, -0.15) is 0 Å². The third-order valence-electron chi connectivity index (χ3n) is 9.79. The highest BCUT2D eigenvalue weighted by Crippen LogP contribution is 2.51. The number of thiophene rings is 1. The van der Waals surface area contributed by atoms with Crippen molar-refractivity contribution in [2.24, 2.45) is 5.92 Å². The molecule has 8 heteroatoms. The van der Waals surface area contributed by atoms with E-state index in [4.69, 9.17) is 9.97 Å². The lowest BCUT2D eigenvalue weighted by atomic mass is 9.90. The Hall–Kier alpha value is -3.17. The number of aromatic nitrogens is 4. The van der Waals surface area contributed by atoms with Crippen LogP contribution in [0.3, 0.4) is 0 Å². The van der Waals surface area contributed by atoms with Crippen molar-refractivity contribution in [2.45, 2.75) is 63.5 Å². The third kappa shape index (κ3) is 4.22. The van der Waals surface area contributed by atoms with Gasteiger partial charge < -0.3 is 9.13 Å². The van der Waals surface area contributed by atoms with Gasteiger partial charge in [0.15, 0.2) is 9.66 Å². The molecule has 0 fully saturated rings. The van der Waals surface area contributed by atoms with Crippen molar-refractivity contribution in [2.75, 3.05) is 0 Å². The van der Waals surface area contributed by atoms with Gasteiger partial charge in [-0.15, -0.1) is 11.3 Å². The van der Waals surface area contributed by atoms with E-state index >= 15 is 0 Å². The Morgan fingerprint density at radius 3 is 2.22 bits per heavy atom. The van der Waals surface area contributed by atoms with E-state index in [0.717, 1.165) is 66.0 Å². The fourth-order valence-electron chi connectivity index (χ4n) is 7.76. The lowest BCUT2D eigenvalue weighted by Crippen LogP contribution is -2.06. The van der Waals surface area contributed by atoms with Gasteiger partial charge in [0.05, 0.1) is 15.2 Å². The fourth-order valence-corrected chi connectivity index (χ4v) is 12.3. The monoisotopic (exact) mass is 660 g/mol. The molecule has 2 unspecified atom stereocenters. The standard InChI is InChI=1S/C37H32N4S4/c1-21-14-15-29-25(20-21)24-10-4-7-13-28(24)41(29)33-19-17-31(43-33)35-39-37-36(45-35)38-34(44-37)30-16-18-32(42-30)40-26-11-5-2-8-22(26)23-9-3-6-12-27(23)40/h2-4,8-10,14-16,18-19,21,31H,5-7,11-13,17,20H2,1H3. The number of fused-ring (bicyclic) bond motifs is 7. The molecule has 10 rings (SSSR count). The van der Waals surface area contributed by atoms with Crippen molar-refractivity contribution >= 4 is 84.8 Å². The van der Waals surface area contributed by atoms with Crippen LogP contribution in [-0.4, -0.2) is 19.1 Å². The highest BCUT2D eigenvalue weighted by molar-refractivity contribution is 8.08. The molecule has 0 radical (unpaired) electrons. The van der Waals surface area contributed by atoms with Crippen molar-refractivity contribution < 1.29 is 0 Å². The summed E-state index contributed by atoms with van der Waals surface area (Å²) in [6, 6.07) is 4.57. The van der Waals surface area contributed by atoms with Crippen molar-refractivity contribution in [3.8, 4) is 14.9 Å². The summed E-state index contributed by atoms with van der Waals surface area (Å²) < 4.78 is 5.14. The van der Waals surface area contributed by atoms with Crippen LogP contribution in [-0.2, 0) is 25.7 Å². The molecule has 0 aromatic carbocycles. The lowest BCUT2D eigenvalue weighted by Gasteiger charge is -2.17. The predicted octanol–water partition coefficient (Wildman–Crippen LogP) is 10.8. The molecule has 224 valence electrons. The van der Waals surface area contributed by atoms with Gasteiger partial charge in [-0.25, -0.2) is 9.97 Å². The van der Waals surface area contributed by atoms with E-state index in [9.17, 15) is 0 Å². The molecular formula is C37H32N4S4. The second-order valence-electron chi connectivity index (χ2n) is 12.7. The van der Waals surface area contributed by atoms with Crippen molar-refractivity contribution in [3.63, 3.8) is 0 Å². The van der Waals surface area contributed by atoms with Crippen LogP contribution < -0.4 is 0 Å². The van der Waals surface area contributed by atoms with Gasteiger partial charge in [0.2, 0.25) is 0 Å². The van der Waals surface area contributed by atoms with Crippen molar-refractivity contribution in [1.82, 2.24) is 19.1 Å². The number of thioether (sulfide) groups is 1. The first-order chi connectivity index (χ1) is 22.2. The largest absolute Gasteiger partial charge is 0.308 e. The molecule has 0 N–H and O–H groups in total. The van der Waals surface area contributed by atoms with E-state index in [1.165, 1.54) is 64.9 Å². The first-order valence-electron chi connectivity index (χ1n) is 16.2. The number of rotatable bonds is 4. The Bertz CT molecular complexity index is 2110. The molecule has 0 bridgehead atoms. The molecule has 5 aromatic rings. The minimum absolute atomic E-state index is 0.358. The van der Waals surface area contributed by atoms with Crippen LogP contribution in [0.15, 0.2) is 42.5 Å². The van der Waals surface area contributed by atoms with Gasteiger partial charge in [-0.1, -0.05) is 90.0 Å². The Labute approximate surface area is 279 Å². The molecular weight excluding hydrogens is 629 g/mol. The summed E-state index contributed by atoms with van der Waals surface area (Å²) in [4.78, 5) is 13.7. The van der Waals surface area contributed by atoms with Crippen LogP contribution in [0, 0.1) is 5.92 Å². The number of hydrogen-bond donors (Lipinski definition) is 0. The minimum atomic E-state index is 0.358. The number of thiazole rings is 2. The van der Waals surface area contributed by atoms with Crippen LogP contribution >= 0.6 is 45.8 Å². The highest BCUT2D eigenvalue weighted by atomic mass is 32.2. The fraction of sp³-hybridized carbons (Fsp3) is 0.297. The molecule has 2 atom stereocenters. The predicted molar refractivity (Wildman–Crippen MR) is 196 cm³/mol. The average molecular weight is 661 g/mol. The summed E-state index contributed by atoms with van der Waals surface area (Å²) >= 11 is 7.41. The summed E-state index contributed by atoms with van der Waals surface area (Å²) in [6.07, 6.45) is 30.1. The van der Waals surface area contributed by atoms with E-state index in [1.54, 1.807) is 22.7 Å². The molecule has 5 aromatic heterocycles. The molecule has 0 saturated heterocycles. The van der Waals surface area contributed by atoms with E-state index in [-0.39, 0.29) is 0 Å². The summed E-state index contributed by atoms with van der Waals surface area (Å²) in [5.41, 5.74) is 11.7. The molecule has 4 nitrogen and oxygen atoms in total. The summed E-state index contributed by atoms with van der Waals surface area (Å²) in [5.74, 6) is 0.603. The maximum Gasteiger partial charge on any atom is 0.155 e. The van der Waals surface area contributed by atoms with Gasteiger partial charge in [-0.3, -0.25) is 0 Å². The SMILES string of the molecule is CC1C=Cc2c(c3c(n2C2=CCC(c4nc5sc(-c6ccc(-n7c8c(c9c7CCC=C9)C=CCC8)s6)nc5s4)S2)CCC=C3)C1. The third-order valence-corrected chi connectivity index (χ3v) is 14.6. The molecule has 0 saturated carbocycles. The van der Waals surface area contributed by atoms with Crippen molar-refractivity contribution in [1.29, 1.82) is 0 Å². The van der Waals surface area contributed by atoms with E-state index in [0.29, 0.717) is 11.2 Å². The average Bonchev–Trinajstić information content (AvgIpc) is 3.90. The Kier molecular flexibility index (Phi) is 6.25. The zero-order chi connectivity index (χ0) is 29.6. The van der Waals surface area contributed by atoms with E-state index in [2.05, 4.69) is 82.9 Å². The van der Waals surface area contributed by atoms with Gasteiger partial charge in [0.25, 0.3) is 0 Å². The smallest absolute Gasteiger partial charge is 0.155 e. The Balaban J connectivity index is 0.928. The zero-order valence-electron chi connectivity index (χ0n) is 25.1. The quantitative estimate of drug-likeness (QED) is 0.192. The first kappa shape index (κ1) is 27.0. The summed E-state index contributed by atoms with van der Waals surface area (Å²) in [7, 11) is 0. The van der Waals surface area contributed by atoms with Crippen molar-refractivity contribution in [3.05, 3.63) is 92.5 Å². The molecule has 1 aliphatic heterocycles. The molecule has 5 aliphatic rings. The van der Waals surface area contributed by atoms with Gasteiger partial charge >= 0.3 is 0 Å². The number of allylic oxidation sites excluding steroid dienone is 5. The van der Waals surface area contributed by atoms with E-state index < -0.39 is 0 Å². The molecule has 0 spiro atoms. The molecule has 4 aliphatic carbocycles. The maximum atomic E-state index is 5.18. The lowest BCUT2D eigenvalue weighted by molar-refractivity contribution is 0.715. The van der Waals surface area contributed by atoms with Gasteiger partial charge in [-0.05, 0) is 86.6 Å². The Morgan fingerprint density at radius 1 is 0.756 bits per heavy atom. The molecule has 6 heterocycles. The first-order valence-corrected chi connectivity index (χ1v) is 19.5. The maximum absolute atomic E-state index is 5.18. The molecule has 0 amide bonds. The summed E-state index contributed by atoms with van der Waals surface area (Å²) in [6.45, 7) is 2.33. The van der Waals surface area contributed by atoms with Crippen LogP contribution in [0.25, 0.3) is 53.9 Å². The van der Waals surface area contributed by atoms with Crippen LogP contribution in [0.4, 0.5) is 0 Å². The van der Waals surface area contributed by atoms with Crippen LogP contribution in [0.5, 0.6) is 0 Å². The second kappa shape index (κ2) is 10.4. The second-order valence-corrected chi connectivity index (χ2v) is 17.0. The van der Waals surface area contributed by atoms with Gasteiger partial charge in [0, 0.05) is 33.9 Å². The normalized spacial score (nSPS) is 21.3. The highest BCUT2D eigenvalue weighted by Gasteiger charge is 2.31. The molecule has 45 heavy (non-hydrogen) atoms. The van der Waals surface area contributed by atoms with E-state index in [1.807, 2.05) is 23.1 Å². The Morgan fingerprint density at radius 2 is 1.47 bits per heavy atom. The van der Waals surface area contributed by atoms with Gasteiger partial charge in [0.1, 0.15) is 15.0 Å². The number of hydrogen-bond acceptors (Lipinski definition) is 6. The summed E-state index contributed by atoms with van der Waals surface area (Å²) in [5, 5.41) is 5.36. The zero-order valence-corrected chi connectivity index (χ0v) is 28.4. The minimum Gasteiger partial charge on any atom is -0.308 e. The van der Waals surface area contributed by atoms with Crippen LogP contribution in [0.2, 0.25) is 0 Å². The van der Waals surface area contributed by atoms with Crippen LogP contribution in [0.1, 0.15) is 87.9 Å². The topological polar surface area (TPSA) is 35.6 Å². The number of nitrogens with zero attached hydrogens (tertiary/aromatic N) is 4.